The van der Waals surface area contributed by atoms with Gasteiger partial charge >= 0.3 is 0 Å². The number of nitrogens with one attached hydrogen (secondary N) is 2. The van der Waals surface area contributed by atoms with Gasteiger partial charge in [-0.2, -0.15) is 0 Å². The molecule has 1 heterocycles. The van der Waals surface area contributed by atoms with Crippen LogP contribution >= 0.6 is 0 Å². The highest BCUT2D eigenvalue weighted by atomic mass is 32.2. The Balaban J connectivity index is 2.42. The maximum absolute atomic E-state index is 12.0. The maximum Gasteiger partial charge on any atom is 0.273 e. The standard InChI is InChI=1S/C13H25N3O4S/c1-16(2)9-4-7-15-21(17,18)13-6-5-12(20-13)11-14-8-10-19-3/h5-6,14-15H,4,7-11H2,1-3H3. The molecule has 8 heteroatoms. The number of furan rings is 1. The van der Waals surface area contributed by atoms with Gasteiger partial charge in [-0.25, -0.2) is 13.1 Å². The van der Waals surface area contributed by atoms with Crippen LogP contribution in [0.15, 0.2) is 21.6 Å². The summed E-state index contributed by atoms with van der Waals surface area (Å²) >= 11 is 0. The first kappa shape index (κ1) is 18.1. The third kappa shape index (κ3) is 7.05. The van der Waals surface area contributed by atoms with E-state index in [-0.39, 0.29) is 5.09 Å². The molecule has 0 atom stereocenters. The van der Waals surface area contributed by atoms with Crippen LogP contribution in [0.25, 0.3) is 0 Å². The van der Waals surface area contributed by atoms with Crippen LogP contribution in [0.2, 0.25) is 0 Å². The Morgan fingerprint density at radius 3 is 2.71 bits per heavy atom. The molecule has 21 heavy (non-hydrogen) atoms. The van der Waals surface area contributed by atoms with E-state index in [1.807, 2.05) is 19.0 Å². The molecule has 0 aliphatic carbocycles. The van der Waals surface area contributed by atoms with Gasteiger partial charge in [0.1, 0.15) is 5.76 Å². The van der Waals surface area contributed by atoms with E-state index in [4.69, 9.17) is 9.15 Å². The largest absolute Gasteiger partial charge is 0.447 e. The summed E-state index contributed by atoms with van der Waals surface area (Å²) in [5, 5.41) is 3.05. The Labute approximate surface area is 126 Å². The molecule has 0 amide bonds. The zero-order chi connectivity index (χ0) is 15.7. The monoisotopic (exact) mass is 319 g/mol. The summed E-state index contributed by atoms with van der Waals surface area (Å²) in [6, 6.07) is 3.13. The number of rotatable bonds is 11. The molecule has 0 spiro atoms. The van der Waals surface area contributed by atoms with Crippen LogP contribution in [0.4, 0.5) is 0 Å². The number of hydrogen-bond acceptors (Lipinski definition) is 6. The molecule has 0 saturated carbocycles. The van der Waals surface area contributed by atoms with Crippen LogP contribution in [0.1, 0.15) is 12.2 Å². The van der Waals surface area contributed by atoms with Crippen LogP contribution in [-0.4, -0.2) is 60.8 Å². The van der Waals surface area contributed by atoms with Gasteiger partial charge in [0.25, 0.3) is 10.0 Å². The van der Waals surface area contributed by atoms with Gasteiger partial charge < -0.3 is 19.4 Å². The van der Waals surface area contributed by atoms with E-state index in [0.717, 1.165) is 13.0 Å². The molecular weight excluding hydrogens is 294 g/mol. The lowest BCUT2D eigenvalue weighted by Crippen LogP contribution is -2.27. The van der Waals surface area contributed by atoms with Gasteiger partial charge in [0, 0.05) is 20.2 Å². The summed E-state index contributed by atoms with van der Waals surface area (Å²) in [5.74, 6) is 0.583. The molecule has 1 aromatic heterocycles. The topological polar surface area (TPSA) is 83.8 Å². The highest BCUT2D eigenvalue weighted by Crippen LogP contribution is 2.13. The van der Waals surface area contributed by atoms with Crippen molar-refractivity contribution in [2.45, 2.75) is 18.1 Å². The van der Waals surface area contributed by atoms with Crippen molar-refractivity contribution in [2.24, 2.45) is 0 Å². The van der Waals surface area contributed by atoms with Gasteiger partial charge in [-0.05, 0) is 39.2 Å². The Morgan fingerprint density at radius 1 is 1.29 bits per heavy atom. The van der Waals surface area contributed by atoms with E-state index in [9.17, 15) is 8.42 Å². The van der Waals surface area contributed by atoms with E-state index in [1.54, 1.807) is 13.2 Å². The van der Waals surface area contributed by atoms with E-state index >= 15 is 0 Å². The van der Waals surface area contributed by atoms with Gasteiger partial charge in [-0.15, -0.1) is 0 Å². The van der Waals surface area contributed by atoms with E-state index in [1.165, 1.54) is 6.07 Å². The lowest BCUT2D eigenvalue weighted by molar-refractivity contribution is 0.198. The second-order valence-electron chi connectivity index (χ2n) is 4.94. The van der Waals surface area contributed by atoms with Gasteiger partial charge in [0.2, 0.25) is 5.09 Å². The average Bonchev–Trinajstić information content (AvgIpc) is 2.89. The third-order valence-corrected chi connectivity index (χ3v) is 4.09. The van der Waals surface area contributed by atoms with Crippen molar-refractivity contribution in [3.05, 3.63) is 17.9 Å². The van der Waals surface area contributed by atoms with Crippen molar-refractivity contribution in [3.8, 4) is 0 Å². The fourth-order valence-corrected chi connectivity index (χ4v) is 2.68. The molecule has 1 aromatic rings. The van der Waals surface area contributed by atoms with Crippen molar-refractivity contribution in [3.63, 3.8) is 0 Å². The minimum atomic E-state index is -3.56. The van der Waals surface area contributed by atoms with E-state index < -0.39 is 10.0 Å². The maximum atomic E-state index is 12.0. The van der Waals surface area contributed by atoms with Crippen LogP contribution in [0.3, 0.4) is 0 Å². The van der Waals surface area contributed by atoms with Crippen LogP contribution in [0.5, 0.6) is 0 Å². The smallest absolute Gasteiger partial charge is 0.273 e. The minimum absolute atomic E-state index is 0.0455. The molecule has 0 radical (unpaired) electrons. The zero-order valence-corrected chi connectivity index (χ0v) is 13.7. The van der Waals surface area contributed by atoms with Crippen molar-refractivity contribution in [2.75, 3.05) is 47.4 Å². The summed E-state index contributed by atoms with van der Waals surface area (Å²) in [7, 11) is 1.96. The Kier molecular flexibility index (Phi) is 7.91. The molecule has 0 bridgehead atoms. The average molecular weight is 319 g/mol. The van der Waals surface area contributed by atoms with E-state index in [0.29, 0.717) is 32.0 Å². The van der Waals surface area contributed by atoms with Crippen molar-refractivity contribution < 1.29 is 17.6 Å². The summed E-state index contributed by atoms with van der Waals surface area (Å²) in [4.78, 5) is 2.00. The normalized spacial score (nSPS) is 12.2. The van der Waals surface area contributed by atoms with Gasteiger partial charge in [-0.3, -0.25) is 0 Å². The summed E-state index contributed by atoms with van der Waals surface area (Å²) in [5.41, 5.74) is 0. The lowest BCUT2D eigenvalue weighted by atomic mass is 10.4. The highest BCUT2D eigenvalue weighted by molar-refractivity contribution is 7.89. The number of ether oxygens (including phenoxy) is 1. The Bertz CT molecular complexity index is 499. The SMILES string of the molecule is COCCNCc1ccc(S(=O)(=O)NCCCN(C)C)o1. The molecule has 0 saturated heterocycles. The van der Waals surface area contributed by atoms with Gasteiger partial charge in [0.05, 0.1) is 13.2 Å². The van der Waals surface area contributed by atoms with Crippen LogP contribution < -0.4 is 10.0 Å². The number of hydrogen-bond donors (Lipinski definition) is 2. The fourth-order valence-electron chi connectivity index (χ4n) is 1.66. The van der Waals surface area contributed by atoms with Crippen LogP contribution in [-0.2, 0) is 21.3 Å². The minimum Gasteiger partial charge on any atom is -0.447 e. The first-order valence-corrected chi connectivity index (χ1v) is 8.37. The molecule has 0 aliphatic heterocycles. The molecule has 0 unspecified atom stereocenters. The molecule has 2 N–H and O–H groups in total. The predicted molar refractivity (Wildman–Crippen MR) is 80.7 cm³/mol. The molecule has 0 aromatic carbocycles. The second-order valence-corrected chi connectivity index (χ2v) is 6.64. The quantitative estimate of drug-likeness (QED) is 0.569. The zero-order valence-electron chi connectivity index (χ0n) is 12.9. The molecular formula is C13H25N3O4S. The summed E-state index contributed by atoms with van der Waals surface area (Å²) in [6.45, 7) is 2.97. The summed E-state index contributed by atoms with van der Waals surface area (Å²) in [6.07, 6.45) is 0.748. The van der Waals surface area contributed by atoms with Crippen molar-refractivity contribution in [1.82, 2.24) is 14.9 Å². The first-order chi connectivity index (χ1) is 9.95. The lowest BCUT2D eigenvalue weighted by Gasteiger charge is -2.09. The fraction of sp³-hybridized carbons (Fsp3) is 0.692. The third-order valence-electron chi connectivity index (χ3n) is 2.76. The molecule has 0 aliphatic rings. The Hall–Kier alpha value is -0.930. The van der Waals surface area contributed by atoms with Crippen molar-refractivity contribution >= 4 is 10.0 Å². The first-order valence-electron chi connectivity index (χ1n) is 6.88. The number of sulfonamides is 1. The Morgan fingerprint density at radius 2 is 2.05 bits per heavy atom. The number of methoxy groups -OCH3 is 1. The van der Waals surface area contributed by atoms with Gasteiger partial charge in [0.15, 0.2) is 0 Å². The predicted octanol–water partition coefficient (Wildman–Crippen LogP) is 0.246. The second kappa shape index (κ2) is 9.16. The molecule has 7 nitrogen and oxygen atoms in total. The van der Waals surface area contributed by atoms with Crippen LogP contribution in [0, 0.1) is 0 Å². The number of nitrogens with zero attached hydrogens (tertiary/aromatic N) is 1. The van der Waals surface area contributed by atoms with Gasteiger partial charge in [-0.1, -0.05) is 0 Å². The molecule has 1 rings (SSSR count). The molecule has 0 fully saturated rings. The summed E-state index contributed by atoms with van der Waals surface area (Å²) < 4.78 is 36.8. The van der Waals surface area contributed by atoms with E-state index in [2.05, 4.69) is 10.0 Å². The van der Waals surface area contributed by atoms with Crippen molar-refractivity contribution in [1.29, 1.82) is 0 Å². The molecule has 122 valence electrons. The highest BCUT2D eigenvalue weighted by Gasteiger charge is 2.17.